The Labute approximate surface area is 202 Å². The predicted molar refractivity (Wildman–Crippen MR) is 137 cm³/mol. The van der Waals surface area contributed by atoms with Gasteiger partial charge < -0.3 is 13.9 Å². The third-order valence-electron chi connectivity index (χ3n) is 6.62. The maximum atomic E-state index is 12.6. The Bertz CT molecular complexity index is 1320. The number of pyridine rings is 2. The van der Waals surface area contributed by atoms with Crippen LogP contribution in [0.4, 0.5) is 0 Å². The second-order valence-electron chi connectivity index (χ2n) is 10.6. The highest BCUT2D eigenvalue weighted by molar-refractivity contribution is 7.85. The average Bonchev–Trinajstić information content (AvgIpc) is 3.18. The quantitative estimate of drug-likeness (QED) is 0.244. The van der Waals surface area contributed by atoms with Gasteiger partial charge in [-0.25, -0.2) is 4.98 Å². The zero-order valence-electron chi connectivity index (χ0n) is 20.5. The molecule has 1 saturated carbocycles. The Kier molecular flexibility index (Phi) is 7.32. The van der Waals surface area contributed by atoms with E-state index in [0.29, 0.717) is 12.1 Å². The Balaban J connectivity index is 1.57. The van der Waals surface area contributed by atoms with Crippen molar-refractivity contribution in [2.45, 2.75) is 64.1 Å². The van der Waals surface area contributed by atoms with E-state index in [0.717, 1.165) is 61.1 Å². The summed E-state index contributed by atoms with van der Waals surface area (Å²) in [7, 11) is -4.57. The molecule has 8 nitrogen and oxygen atoms in total. The Hall–Kier alpha value is -2.01. The lowest BCUT2D eigenvalue weighted by Crippen LogP contribution is -2.23. The lowest BCUT2D eigenvalue weighted by atomic mass is 9.86. The van der Waals surface area contributed by atoms with Gasteiger partial charge in [-0.05, 0) is 43.7 Å². The molecule has 0 N–H and O–H groups in total. The van der Waals surface area contributed by atoms with E-state index >= 15 is 0 Å². The smallest absolute Gasteiger partial charge is 0.264 e. The molecule has 1 aliphatic carbocycles. The van der Waals surface area contributed by atoms with Crippen LogP contribution in [0.1, 0.15) is 31.7 Å². The second-order valence-corrected chi connectivity index (χ2v) is 17.9. The minimum absolute atomic E-state index is 0.0324. The number of hydrogen-bond donors (Lipinski definition) is 0. The summed E-state index contributed by atoms with van der Waals surface area (Å²) >= 11 is 0. The van der Waals surface area contributed by atoms with Crippen LogP contribution in [0.3, 0.4) is 0 Å². The molecule has 3 heterocycles. The van der Waals surface area contributed by atoms with Gasteiger partial charge in [0.05, 0.1) is 23.8 Å². The lowest BCUT2D eigenvalue weighted by molar-refractivity contribution is 0.0899. The standard InChI is InChI=1S/C24H35N3O5SSi/c1-33(29,30)32-16-18-5-7-19(8-6-18)27-12-10-22(28)21-15-25-24-20(23(21)27)9-11-26(24)17-31-13-14-34(2,3)4/h9-12,15,18-19H,5-8,13-14,16-17H2,1-4H3. The van der Waals surface area contributed by atoms with Gasteiger partial charge in [-0.3, -0.25) is 8.98 Å². The number of ether oxygens (including phenoxy) is 1. The molecule has 0 radical (unpaired) electrons. The molecule has 1 fully saturated rings. The molecule has 4 rings (SSSR count). The fourth-order valence-electron chi connectivity index (χ4n) is 4.65. The van der Waals surface area contributed by atoms with Gasteiger partial charge in [0.25, 0.3) is 10.1 Å². The summed E-state index contributed by atoms with van der Waals surface area (Å²) in [6.45, 7) is 8.42. The van der Waals surface area contributed by atoms with Crippen LogP contribution < -0.4 is 5.43 Å². The summed E-state index contributed by atoms with van der Waals surface area (Å²) in [6.07, 6.45) is 10.2. The summed E-state index contributed by atoms with van der Waals surface area (Å²) in [5.74, 6) is 0.229. The van der Waals surface area contributed by atoms with Crippen molar-refractivity contribution < 1.29 is 17.3 Å². The van der Waals surface area contributed by atoms with Gasteiger partial charge in [0.15, 0.2) is 5.43 Å². The average molecular weight is 506 g/mol. The van der Waals surface area contributed by atoms with E-state index in [1.807, 2.05) is 23.0 Å². The van der Waals surface area contributed by atoms with Crippen LogP contribution in [0, 0.1) is 5.92 Å². The summed E-state index contributed by atoms with van der Waals surface area (Å²) in [6, 6.07) is 4.98. The first-order valence-corrected chi connectivity index (χ1v) is 17.4. The third-order valence-corrected chi connectivity index (χ3v) is 8.89. The van der Waals surface area contributed by atoms with Crippen LogP contribution in [-0.2, 0) is 25.8 Å². The number of rotatable bonds is 9. The minimum atomic E-state index is -3.42. The van der Waals surface area contributed by atoms with Crippen molar-refractivity contribution in [1.82, 2.24) is 14.1 Å². The maximum Gasteiger partial charge on any atom is 0.264 e. The monoisotopic (exact) mass is 505 g/mol. The molecule has 3 aromatic rings. The molecule has 0 amide bonds. The predicted octanol–water partition coefficient (Wildman–Crippen LogP) is 4.37. The molecule has 186 valence electrons. The largest absolute Gasteiger partial charge is 0.361 e. The van der Waals surface area contributed by atoms with Gasteiger partial charge in [0, 0.05) is 50.8 Å². The SMILES string of the molecule is C[Si](C)(C)CCOCn1ccc2c1ncc1c(=O)ccn(C3CCC(COS(C)(=O)=O)CC3)c12. The van der Waals surface area contributed by atoms with Gasteiger partial charge in [-0.2, -0.15) is 8.42 Å². The number of fused-ring (bicyclic) bond motifs is 3. The molecule has 0 spiro atoms. The van der Waals surface area contributed by atoms with E-state index in [2.05, 4.69) is 29.2 Å². The Morgan fingerprint density at radius 3 is 2.50 bits per heavy atom. The van der Waals surface area contributed by atoms with Gasteiger partial charge in [-0.15, -0.1) is 0 Å². The van der Waals surface area contributed by atoms with Crippen LogP contribution >= 0.6 is 0 Å². The summed E-state index contributed by atoms with van der Waals surface area (Å²) in [5, 5.41) is 1.57. The first-order chi connectivity index (χ1) is 16.0. The summed E-state index contributed by atoms with van der Waals surface area (Å²) in [5.41, 5.74) is 1.69. The summed E-state index contributed by atoms with van der Waals surface area (Å²) in [4.78, 5) is 17.3. The highest BCUT2D eigenvalue weighted by atomic mass is 32.2. The molecular formula is C24H35N3O5SSi. The van der Waals surface area contributed by atoms with Crippen LogP contribution in [0.5, 0.6) is 0 Å². The third kappa shape index (κ3) is 5.97. The molecule has 0 atom stereocenters. The van der Waals surface area contributed by atoms with E-state index in [9.17, 15) is 13.2 Å². The number of nitrogens with zero attached hydrogens (tertiary/aromatic N) is 3. The molecule has 0 bridgehead atoms. The topological polar surface area (TPSA) is 92.4 Å². The highest BCUT2D eigenvalue weighted by Crippen LogP contribution is 2.35. The van der Waals surface area contributed by atoms with Crippen LogP contribution in [0.25, 0.3) is 21.9 Å². The van der Waals surface area contributed by atoms with Crippen molar-refractivity contribution in [3.8, 4) is 0 Å². The lowest BCUT2D eigenvalue weighted by Gasteiger charge is -2.31. The van der Waals surface area contributed by atoms with Gasteiger partial charge in [-0.1, -0.05) is 19.6 Å². The molecule has 0 aliphatic heterocycles. The minimum Gasteiger partial charge on any atom is -0.361 e. The number of hydrogen-bond acceptors (Lipinski definition) is 6. The molecule has 0 aromatic carbocycles. The highest BCUT2D eigenvalue weighted by Gasteiger charge is 2.25. The number of aromatic nitrogens is 3. The van der Waals surface area contributed by atoms with Gasteiger partial charge >= 0.3 is 0 Å². The van der Waals surface area contributed by atoms with Gasteiger partial charge in [0.1, 0.15) is 12.4 Å². The fraction of sp³-hybridized carbons (Fsp3) is 0.583. The van der Waals surface area contributed by atoms with Crippen molar-refractivity contribution >= 4 is 40.1 Å². The fourth-order valence-corrected chi connectivity index (χ4v) is 5.85. The van der Waals surface area contributed by atoms with E-state index in [1.165, 1.54) is 0 Å². The zero-order valence-corrected chi connectivity index (χ0v) is 22.3. The van der Waals surface area contributed by atoms with Crippen LogP contribution in [0.15, 0.2) is 35.5 Å². The van der Waals surface area contributed by atoms with Crippen LogP contribution in [0.2, 0.25) is 25.7 Å². The van der Waals surface area contributed by atoms with E-state index in [-0.39, 0.29) is 24.0 Å². The van der Waals surface area contributed by atoms with Crippen LogP contribution in [-0.4, -0.2) is 50.1 Å². The molecule has 1 aliphatic rings. The first kappa shape index (κ1) is 25.1. The maximum absolute atomic E-state index is 12.6. The molecule has 0 unspecified atom stereocenters. The van der Waals surface area contributed by atoms with Crippen molar-refractivity contribution in [2.24, 2.45) is 5.92 Å². The van der Waals surface area contributed by atoms with Crippen molar-refractivity contribution in [3.05, 3.63) is 40.9 Å². The van der Waals surface area contributed by atoms with E-state index in [1.54, 1.807) is 12.3 Å². The normalized spacial score (nSPS) is 19.8. The van der Waals surface area contributed by atoms with Crippen molar-refractivity contribution in [2.75, 3.05) is 19.5 Å². The van der Waals surface area contributed by atoms with E-state index in [4.69, 9.17) is 8.92 Å². The molecule has 0 saturated heterocycles. The Morgan fingerprint density at radius 1 is 1.09 bits per heavy atom. The Morgan fingerprint density at radius 2 is 1.82 bits per heavy atom. The van der Waals surface area contributed by atoms with Crippen molar-refractivity contribution in [1.29, 1.82) is 0 Å². The second kappa shape index (κ2) is 9.92. The zero-order chi connectivity index (χ0) is 24.5. The molecular weight excluding hydrogens is 470 g/mol. The summed E-state index contributed by atoms with van der Waals surface area (Å²) < 4.78 is 37.8. The first-order valence-electron chi connectivity index (χ1n) is 11.9. The van der Waals surface area contributed by atoms with Gasteiger partial charge in [0.2, 0.25) is 0 Å². The van der Waals surface area contributed by atoms with E-state index < -0.39 is 18.2 Å². The molecule has 34 heavy (non-hydrogen) atoms. The molecule has 10 heteroatoms. The van der Waals surface area contributed by atoms with Crippen molar-refractivity contribution in [3.63, 3.8) is 0 Å². The molecule has 3 aromatic heterocycles.